The number of rotatable bonds is 3. The maximum Gasteiger partial charge on any atom is 0.207 e. The number of imidazole rings is 1. The Bertz CT molecular complexity index is 557. The molecule has 2 heterocycles. The molecule has 2 rings (SSSR count). The molecule has 0 aliphatic carbocycles. The summed E-state index contributed by atoms with van der Waals surface area (Å²) in [5.41, 5.74) is 0.413. The number of carbonyl (C=O) groups excluding carboxylic acids is 1. The molecule has 6 heteroatoms. The summed E-state index contributed by atoms with van der Waals surface area (Å²) in [7, 11) is 3.70. The largest absolute Gasteiger partial charge is 0.383 e. The van der Waals surface area contributed by atoms with Crippen molar-refractivity contribution >= 4 is 33.7 Å². The molecule has 0 spiro atoms. The molecule has 0 amide bonds. The van der Waals surface area contributed by atoms with Gasteiger partial charge in [0.15, 0.2) is 10.1 Å². The van der Waals surface area contributed by atoms with Gasteiger partial charge in [0.2, 0.25) is 5.78 Å². The van der Waals surface area contributed by atoms with Gasteiger partial charge in [0, 0.05) is 37.9 Å². The van der Waals surface area contributed by atoms with E-state index in [2.05, 4.69) is 4.98 Å². The highest BCUT2D eigenvalue weighted by Crippen LogP contribution is 2.21. The van der Waals surface area contributed by atoms with Crippen molar-refractivity contribution in [3.63, 3.8) is 0 Å². The van der Waals surface area contributed by atoms with E-state index in [0.717, 1.165) is 4.96 Å². The second-order valence-corrected chi connectivity index (χ2v) is 4.68. The molecule has 2 aromatic heterocycles. The zero-order valence-electron chi connectivity index (χ0n) is 10.8. The number of fused-ring (bicyclic) bond motifs is 1. The van der Waals surface area contributed by atoms with Crippen molar-refractivity contribution in [3.8, 4) is 0 Å². The first-order valence-corrected chi connectivity index (χ1v) is 6.85. The number of hydrogen-bond donors (Lipinski definition) is 0. The van der Waals surface area contributed by atoms with E-state index < -0.39 is 0 Å². The Hall–Kier alpha value is -1.33. The molecule has 0 bridgehead atoms. The van der Waals surface area contributed by atoms with E-state index >= 15 is 0 Å². The van der Waals surface area contributed by atoms with Crippen LogP contribution >= 0.6 is 22.9 Å². The minimum Gasteiger partial charge on any atom is -0.383 e. The normalized spacial score (nSPS) is 10.5. The zero-order valence-corrected chi connectivity index (χ0v) is 12.4. The van der Waals surface area contributed by atoms with Crippen LogP contribution in [0.5, 0.6) is 0 Å². The van der Waals surface area contributed by atoms with Crippen LogP contribution in [0.3, 0.4) is 0 Å². The fraction of sp³-hybridized carbons (Fsp3) is 0.333. The smallest absolute Gasteiger partial charge is 0.207 e. The first kappa shape index (κ1) is 14.7. The number of nitrogens with zero attached hydrogens (tertiary/aromatic N) is 3. The molecule has 0 saturated heterocycles. The quantitative estimate of drug-likeness (QED) is 0.641. The van der Waals surface area contributed by atoms with Gasteiger partial charge in [0.1, 0.15) is 5.69 Å². The van der Waals surface area contributed by atoms with Gasteiger partial charge in [-0.2, -0.15) is 0 Å². The first-order chi connectivity index (χ1) is 8.59. The third-order valence-electron chi connectivity index (χ3n) is 1.98. The van der Waals surface area contributed by atoms with E-state index in [1.165, 1.54) is 17.4 Å². The third-order valence-corrected chi connectivity index (χ3v) is 3.00. The Balaban J connectivity index is 0.000000771. The van der Waals surface area contributed by atoms with Crippen molar-refractivity contribution < 1.29 is 4.79 Å². The van der Waals surface area contributed by atoms with E-state index in [1.54, 1.807) is 21.7 Å². The summed E-state index contributed by atoms with van der Waals surface area (Å²) >= 11 is 7.37. The van der Waals surface area contributed by atoms with Crippen molar-refractivity contribution in [3.05, 3.63) is 34.7 Å². The zero-order chi connectivity index (χ0) is 13.7. The maximum absolute atomic E-state index is 11.9. The van der Waals surface area contributed by atoms with E-state index in [9.17, 15) is 4.79 Å². The Morgan fingerprint density at radius 2 is 2.17 bits per heavy atom. The van der Waals surface area contributed by atoms with Gasteiger partial charge in [-0.25, -0.2) is 4.98 Å². The predicted molar refractivity (Wildman–Crippen MR) is 76.6 cm³/mol. The molecular formula is C12H16ClN3OS. The topological polar surface area (TPSA) is 37.6 Å². The van der Waals surface area contributed by atoms with Gasteiger partial charge in [-0.05, 0) is 0 Å². The molecule has 0 aliphatic heterocycles. The Morgan fingerprint density at radius 3 is 2.78 bits per heavy atom. The molecule has 0 unspecified atom stereocenters. The summed E-state index contributed by atoms with van der Waals surface area (Å²) in [6.45, 7) is 4.00. The lowest BCUT2D eigenvalue weighted by atomic mass is 10.3. The molecule has 0 fully saturated rings. The molecule has 0 aliphatic rings. The van der Waals surface area contributed by atoms with Gasteiger partial charge in [0.25, 0.3) is 0 Å². The molecule has 0 aromatic carbocycles. The van der Waals surface area contributed by atoms with E-state index in [4.69, 9.17) is 11.6 Å². The lowest BCUT2D eigenvalue weighted by Gasteiger charge is -2.02. The van der Waals surface area contributed by atoms with E-state index in [0.29, 0.717) is 5.69 Å². The number of aromatic nitrogens is 2. The minimum atomic E-state index is -0.149. The standard InChI is InChI=1S/C10H10ClN3OS.C2H6/c1-13(2)4-3-7(15)8-9(11)12-10-14(8)5-6-16-10;1-2/h3-6H,1-2H3;1-2H3/b4-3+;. The second kappa shape index (κ2) is 6.56. The fourth-order valence-electron chi connectivity index (χ4n) is 1.28. The van der Waals surface area contributed by atoms with Crippen LogP contribution < -0.4 is 0 Å². The van der Waals surface area contributed by atoms with Crippen molar-refractivity contribution in [2.24, 2.45) is 0 Å². The number of hydrogen-bond acceptors (Lipinski definition) is 4. The van der Waals surface area contributed by atoms with Crippen LogP contribution in [-0.4, -0.2) is 34.2 Å². The highest BCUT2D eigenvalue weighted by molar-refractivity contribution is 7.15. The van der Waals surface area contributed by atoms with E-state index in [-0.39, 0.29) is 10.9 Å². The molecule has 98 valence electrons. The second-order valence-electron chi connectivity index (χ2n) is 3.45. The van der Waals surface area contributed by atoms with Gasteiger partial charge in [-0.15, -0.1) is 11.3 Å². The lowest BCUT2D eigenvalue weighted by Crippen LogP contribution is -2.04. The molecule has 0 atom stereocenters. The van der Waals surface area contributed by atoms with Gasteiger partial charge in [-0.1, -0.05) is 25.4 Å². The van der Waals surface area contributed by atoms with Crippen LogP contribution in [0.25, 0.3) is 4.96 Å². The summed E-state index contributed by atoms with van der Waals surface area (Å²) < 4.78 is 1.70. The van der Waals surface area contributed by atoms with Crippen molar-refractivity contribution in [2.45, 2.75) is 13.8 Å². The minimum absolute atomic E-state index is 0.149. The molecule has 4 nitrogen and oxygen atoms in total. The van der Waals surface area contributed by atoms with Gasteiger partial charge < -0.3 is 4.90 Å². The van der Waals surface area contributed by atoms with Crippen LogP contribution in [0.15, 0.2) is 23.9 Å². The van der Waals surface area contributed by atoms with Crippen LogP contribution in [0.4, 0.5) is 0 Å². The highest BCUT2D eigenvalue weighted by atomic mass is 35.5. The van der Waals surface area contributed by atoms with Crippen molar-refractivity contribution in [1.82, 2.24) is 14.3 Å². The van der Waals surface area contributed by atoms with Gasteiger partial charge >= 0.3 is 0 Å². The number of ketones is 1. The monoisotopic (exact) mass is 285 g/mol. The predicted octanol–water partition coefficient (Wildman–Crippen LogP) is 3.33. The molecule has 0 radical (unpaired) electrons. The fourth-order valence-corrected chi connectivity index (χ4v) is 2.30. The summed E-state index contributed by atoms with van der Waals surface area (Å²) in [6, 6.07) is 0. The molecule has 0 saturated carbocycles. The summed E-state index contributed by atoms with van der Waals surface area (Å²) in [5.74, 6) is -0.149. The van der Waals surface area contributed by atoms with Gasteiger partial charge in [-0.3, -0.25) is 9.20 Å². The van der Waals surface area contributed by atoms with Crippen molar-refractivity contribution in [1.29, 1.82) is 0 Å². The Labute approximate surface area is 116 Å². The van der Waals surface area contributed by atoms with Gasteiger partial charge in [0.05, 0.1) is 0 Å². The Kier molecular flexibility index (Phi) is 5.37. The SMILES string of the molecule is CC.CN(C)/C=C/C(=O)c1c(Cl)nc2sccn12. The summed E-state index contributed by atoms with van der Waals surface area (Å²) in [6.07, 6.45) is 4.95. The van der Waals surface area contributed by atoms with Crippen molar-refractivity contribution in [2.75, 3.05) is 14.1 Å². The van der Waals surface area contributed by atoms with Crippen LogP contribution in [0.1, 0.15) is 24.3 Å². The third kappa shape index (κ3) is 3.11. The maximum atomic E-state index is 11.9. The number of carbonyl (C=O) groups is 1. The molecule has 18 heavy (non-hydrogen) atoms. The summed E-state index contributed by atoms with van der Waals surface area (Å²) in [4.78, 5) is 18.5. The van der Waals surface area contributed by atoms with Crippen LogP contribution in [0, 0.1) is 0 Å². The molecule has 2 aromatic rings. The Morgan fingerprint density at radius 1 is 1.50 bits per heavy atom. The first-order valence-electron chi connectivity index (χ1n) is 5.59. The number of allylic oxidation sites excluding steroid dienone is 1. The highest BCUT2D eigenvalue weighted by Gasteiger charge is 2.16. The van der Waals surface area contributed by atoms with E-state index in [1.807, 2.05) is 33.3 Å². The van der Waals surface area contributed by atoms with Crippen LogP contribution in [0.2, 0.25) is 5.15 Å². The number of thiazole rings is 1. The molecular weight excluding hydrogens is 270 g/mol. The summed E-state index contributed by atoms with van der Waals surface area (Å²) in [5, 5.41) is 2.12. The lowest BCUT2D eigenvalue weighted by molar-refractivity contribution is 0.104. The average Bonchev–Trinajstić information content (AvgIpc) is 2.88. The average molecular weight is 286 g/mol. The molecule has 0 N–H and O–H groups in total. The van der Waals surface area contributed by atoms with Crippen LogP contribution in [-0.2, 0) is 0 Å². The number of halogens is 1.